The standard InChI is InChI=1S/C10H21N3O3S/c1-8-5-10(6-8,7-11)9(14)13-3-4-17(15,16)12-2/h8,12H,3-7,11H2,1-2H3,(H,13,14). The predicted molar refractivity (Wildman–Crippen MR) is 65.7 cm³/mol. The molecular formula is C10H21N3O3S. The van der Waals surface area contributed by atoms with Gasteiger partial charge in [-0.2, -0.15) is 0 Å². The summed E-state index contributed by atoms with van der Waals surface area (Å²) in [6.07, 6.45) is 1.57. The van der Waals surface area contributed by atoms with Crippen LogP contribution in [0.15, 0.2) is 0 Å². The Labute approximate surface area is 102 Å². The Hall–Kier alpha value is -0.660. The van der Waals surface area contributed by atoms with Gasteiger partial charge in [-0.1, -0.05) is 6.92 Å². The first kappa shape index (κ1) is 14.4. The molecule has 4 N–H and O–H groups in total. The maximum atomic E-state index is 11.9. The zero-order valence-corrected chi connectivity index (χ0v) is 11.1. The zero-order valence-electron chi connectivity index (χ0n) is 10.3. The third-order valence-electron chi connectivity index (χ3n) is 3.32. The minimum Gasteiger partial charge on any atom is -0.355 e. The van der Waals surface area contributed by atoms with Crippen LogP contribution >= 0.6 is 0 Å². The van der Waals surface area contributed by atoms with E-state index in [0.717, 1.165) is 12.8 Å². The van der Waals surface area contributed by atoms with Crippen molar-refractivity contribution in [3.63, 3.8) is 0 Å². The Balaban J connectivity index is 2.40. The van der Waals surface area contributed by atoms with Gasteiger partial charge in [0.05, 0.1) is 11.2 Å². The molecule has 0 aliphatic heterocycles. The van der Waals surface area contributed by atoms with Gasteiger partial charge in [-0.3, -0.25) is 4.79 Å². The number of hydrogen-bond acceptors (Lipinski definition) is 4. The average molecular weight is 263 g/mol. The first-order valence-corrected chi connectivity index (χ1v) is 7.40. The van der Waals surface area contributed by atoms with Crippen molar-refractivity contribution in [1.29, 1.82) is 0 Å². The molecule has 0 aromatic heterocycles. The fourth-order valence-corrected chi connectivity index (χ4v) is 2.88. The quantitative estimate of drug-likeness (QED) is 0.573. The lowest BCUT2D eigenvalue weighted by Gasteiger charge is -2.44. The van der Waals surface area contributed by atoms with E-state index in [4.69, 9.17) is 5.73 Å². The van der Waals surface area contributed by atoms with Crippen LogP contribution in [0.3, 0.4) is 0 Å². The molecule has 0 aromatic rings. The highest BCUT2D eigenvalue weighted by Gasteiger charge is 2.46. The molecule has 0 bridgehead atoms. The monoisotopic (exact) mass is 263 g/mol. The van der Waals surface area contributed by atoms with E-state index in [1.54, 1.807) is 0 Å². The van der Waals surface area contributed by atoms with Crippen LogP contribution in [0, 0.1) is 11.3 Å². The minimum absolute atomic E-state index is 0.106. The number of amides is 1. The van der Waals surface area contributed by atoms with Crippen molar-refractivity contribution in [1.82, 2.24) is 10.0 Å². The lowest BCUT2D eigenvalue weighted by molar-refractivity contribution is -0.137. The molecule has 1 fully saturated rings. The van der Waals surface area contributed by atoms with Gasteiger partial charge in [0, 0.05) is 13.1 Å². The SMILES string of the molecule is CNS(=O)(=O)CCNC(=O)C1(CN)CC(C)C1. The van der Waals surface area contributed by atoms with Crippen molar-refractivity contribution in [3.8, 4) is 0 Å². The smallest absolute Gasteiger partial charge is 0.227 e. The second kappa shape index (κ2) is 5.32. The molecule has 1 saturated carbocycles. The molecule has 17 heavy (non-hydrogen) atoms. The van der Waals surface area contributed by atoms with E-state index < -0.39 is 15.4 Å². The van der Waals surface area contributed by atoms with E-state index in [1.165, 1.54) is 7.05 Å². The van der Waals surface area contributed by atoms with Crippen molar-refractivity contribution in [2.45, 2.75) is 19.8 Å². The second-order valence-electron chi connectivity index (χ2n) is 4.78. The third-order valence-corrected chi connectivity index (χ3v) is 4.68. The van der Waals surface area contributed by atoms with Crippen LogP contribution in [0.1, 0.15) is 19.8 Å². The maximum absolute atomic E-state index is 11.9. The molecule has 0 unspecified atom stereocenters. The Morgan fingerprint density at radius 2 is 2.06 bits per heavy atom. The number of nitrogens with one attached hydrogen (secondary N) is 2. The van der Waals surface area contributed by atoms with Crippen LogP contribution in [0.4, 0.5) is 0 Å². The summed E-state index contributed by atoms with van der Waals surface area (Å²) in [4.78, 5) is 11.9. The van der Waals surface area contributed by atoms with Gasteiger partial charge in [-0.25, -0.2) is 13.1 Å². The molecule has 0 saturated heterocycles. The summed E-state index contributed by atoms with van der Waals surface area (Å²) in [6.45, 7) is 2.52. The largest absolute Gasteiger partial charge is 0.355 e. The van der Waals surface area contributed by atoms with Crippen molar-refractivity contribution < 1.29 is 13.2 Å². The van der Waals surface area contributed by atoms with Crippen molar-refractivity contribution in [3.05, 3.63) is 0 Å². The summed E-state index contributed by atoms with van der Waals surface area (Å²) < 4.78 is 24.5. The molecule has 0 heterocycles. The molecule has 6 nitrogen and oxygen atoms in total. The molecule has 0 spiro atoms. The molecule has 100 valence electrons. The number of nitrogens with two attached hydrogens (primary N) is 1. The van der Waals surface area contributed by atoms with E-state index in [1.807, 2.05) is 0 Å². The second-order valence-corrected chi connectivity index (χ2v) is 6.82. The number of sulfonamides is 1. The van der Waals surface area contributed by atoms with E-state index in [0.29, 0.717) is 12.5 Å². The topological polar surface area (TPSA) is 101 Å². The normalized spacial score (nSPS) is 28.5. The number of hydrogen-bond donors (Lipinski definition) is 3. The molecule has 1 aliphatic carbocycles. The van der Waals surface area contributed by atoms with Gasteiger partial charge in [-0.05, 0) is 25.8 Å². The highest BCUT2D eigenvalue weighted by Crippen LogP contribution is 2.44. The summed E-state index contributed by atoms with van der Waals surface area (Å²) in [5.74, 6) is 0.292. The van der Waals surface area contributed by atoms with E-state index in [-0.39, 0.29) is 18.2 Å². The van der Waals surface area contributed by atoms with Crippen LogP contribution in [-0.4, -0.2) is 40.2 Å². The Bertz CT molecular complexity index is 374. The van der Waals surface area contributed by atoms with Gasteiger partial charge in [0.1, 0.15) is 0 Å². The lowest BCUT2D eigenvalue weighted by atomic mass is 9.62. The predicted octanol–water partition coefficient (Wildman–Crippen LogP) is -0.973. The molecule has 1 aliphatic rings. The van der Waals surface area contributed by atoms with Crippen LogP contribution in [0.2, 0.25) is 0 Å². The molecule has 0 radical (unpaired) electrons. The van der Waals surface area contributed by atoms with Crippen LogP contribution in [0.5, 0.6) is 0 Å². The fraction of sp³-hybridized carbons (Fsp3) is 0.900. The molecular weight excluding hydrogens is 242 g/mol. The van der Waals surface area contributed by atoms with Crippen molar-refractivity contribution in [2.75, 3.05) is 25.9 Å². The number of carbonyl (C=O) groups excluding carboxylic acids is 1. The van der Waals surface area contributed by atoms with E-state index >= 15 is 0 Å². The summed E-state index contributed by atoms with van der Waals surface area (Å²) in [5.41, 5.74) is 5.15. The van der Waals surface area contributed by atoms with E-state index in [9.17, 15) is 13.2 Å². The van der Waals surface area contributed by atoms with Gasteiger partial charge in [-0.15, -0.1) is 0 Å². The van der Waals surface area contributed by atoms with Crippen LogP contribution in [0.25, 0.3) is 0 Å². The van der Waals surface area contributed by atoms with Gasteiger partial charge in [0.15, 0.2) is 0 Å². The molecule has 0 atom stereocenters. The van der Waals surface area contributed by atoms with Crippen molar-refractivity contribution >= 4 is 15.9 Å². The summed E-state index contributed by atoms with van der Waals surface area (Å²) in [5, 5.41) is 2.65. The van der Waals surface area contributed by atoms with E-state index in [2.05, 4.69) is 17.0 Å². The summed E-state index contributed by atoms with van der Waals surface area (Å²) in [7, 11) is -1.91. The van der Waals surface area contributed by atoms with Gasteiger partial charge >= 0.3 is 0 Å². The Kier molecular flexibility index (Phi) is 4.51. The third kappa shape index (κ3) is 3.40. The molecule has 1 rings (SSSR count). The first-order chi connectivity index (χ1) is 7.85. The highest BCUT2D eigenvalue weighted by atomic mass is 32.2. The first-order valence-electron chi connectivity index (χ1n) is 5.75. The fourth-order valence-electron chi connectivity index (χ4n) is 2.31. The van der Waals surface area contributed by atoms with Crippen LogP contribution < -0.4 is 15.8 Å². The zero-order chi connectivity index (χ0) is 13.1. The molecule has 1 amide bonds. The molecule has 7 heteroatoms. The number of rotatable bonds is 6. The summed E-state index contributed by atoms with van der Waals surface area (Å²) >= 11 is 0. The van der Waals surface area contributed by atoms with Gasteiger partial charge < -0.3 is 11.1 Å². The Morgan fingerprint density at radius 1 is 1.47 bits per heavy atom. The van der Waals surface area contributed by atoms with Crippen LogP contribution in [-0.2, 0) is 14.8 Å². The summed E-state index contributed by atoms with van der Waals surface area (Å²) in [6, 6.07) is 0. The van der Waals surface area contributed by atoms with Gasteiger partial charge in [0.25, 0.3) is 0 Å². The lowest BCUT2D eigenvalue weighted by Crippen LogP contribution is -2.54. The maximum Gasteiger partial charge on any atom is 0.227 e. The Morgan fingerprint density at radius 3 is 2.47 bits per heavy atom. The molecule has 0 aromatic carbocycles. The average Bonchev–Trinajstić information content (AvgIpc) is 2.24. The van der Waals surface area contributed by atoms with Gasteiger partial charge in [0.2, 0.25) is 15.9 Å². The number of carbonyl (C=O) groups is 1. The van der Waals surface area contributed by atoms with Crippen molar-refractivity contribution in [2.24, 2.45) is 17.1 Å². The highest BCUT2D eigenvalue weighted by molar-refractivity contribution is 7.89. The minimum atomic E-state index is -3.26.